The number of hydrogen-bond acceptors (Lipinski definition) is 4. The van der Waals surface area contributed by atoms with Crippen LogP contribution in [0.2, 0.25) is 0 Å². The molecule has 1 aliphatic heterocycles. The Labute approximate surface area is 243 Å². The van der Waals surface area contributed by atoms with Crippen LogP contribution in [0.5, 0.6) is 0 Å². The maximum Gasteiger partial charge on any atom is 0.416 e. The van der Waals surface area contributed by atoms with Gasteiger partial charge < -0.3 is 14.5 Å². The number of fused-ring (bicyclic) bond motifs is 1. The molecule has 0 N–H and O–H groups in total. The molecule has 4 rings (SSSR count). The van der Waals surface area contributed by atoms with Crippen LogP contribution >= 0.6 is 11.3 Å². The lowest BCUT2D eigenvalue weighted by molar-refractivity contribution is -0.143. The van der Waals surface area contributed by atoms with Crippen LogP contribution in [-0.2, 0) is 28.3 Å². The van der Waals surface area contributed by atoms with Crippen LogP contribution in [0.25, 0.3) is 0 Å². The molecule has 226 valence electrons. The SMILES string of the molecule is CCOCCCN(CC(=O)N1CCc2sccc2C1c1ccccc1C)C(=O)c1cc(C(F)(F)F)cc(C(F)(F)F)c1. The summed E-state index contributed by atoms with van der Waals surface area (Å²) in [4.78, 5) is 31.2. The van der Waals surface area contributed by atoms with E-state index in [1.807, 2.05) is 42.6 Å². The van der Waals surface area contributed by atoms with E-state index < -0.39 is 53.4 Å². The molecule has 2 aromatic carbocycles. The molecule has 2 amide bonds. The first kappa shape index (κ1) is 31.6. The summed E-state index contributed by atoms with van der Waals surface area (Å²) in [5, 5.41) is 1.94. The van der Waals surface area contributed by atoms with Gasteiger partial charge in [0.15, 0.2) is 0 Å². The van der Waals surface area contributed by atoms with Gasteiger partial charge >= 0.3 is 12.4 Å². The Morgan fingerprint density at radius 3 is 2.29 bits per heavy atom. The van der Waals surface area contributed by atoms with Crippen LogP contribution in [0.15, 0.2) is 53.9 Å². The zero-order chi connectivity index (χ0) is 30.7. The summed E-state index contributed by atoms with van der Waals surface area (Å²) < 4.78 is 86.3. The third-order valence-corrected chi connectivity index (χ3v) is 8.13. The fourth-order valence-corrected chi connectivity index (χ4v) is 5.99. The number of nitrogens with zero attached hydrogens (tertiary/aromatic N) is 2. The highest BCUT2D eigenvalue weighted by Crippen LogP contribution is 2.39. The van der Waals surface area contributed by atoms with E-state index in [9.17, 15) is 35.9 Å². The van der Waals surface area contributed by atoms with Gasteiger partial charge in [0.1, 0.15) is 6.54 Å². The average molecular weight is 613 g/mol. The molecule has 5 nitrogen and oxygen atoms in total. The molecular weight excluding hydrogens is 582 g/mol. The number of carbonyl (C=O) groups excluding carboxylic acids is 2. The van der Waals surface area contributed by atoms with Crippen molar-refractivity contribution in [3.05, 3.63) is 92.2 Å². The van der Waals surface area contributed by atoms with Crippen molar-refractivity contribution in [1.29, 1.82) is 0 Å². The molecule has 0 aliphatic carbocycles. The molecule has 0 fully saturated rings. The van der Waals surface area contributed by atoms with E-state index in [4.69, 9.17) is 4.74 Å². The molecule has 42 heavy (non-hydrogen) atoms. The minimum absolute atomic E-state index is 0.0275. The Kier molecular flexibility index (Phi) is 9.67. The summed E-state index contributed by atoms with van der Waals surface area (Å²) >= 11 is 1.58. The lowest BCUT2D eigenvalue weighted by Crippen LogP contribution is -2.47. The minimum atomic E-state index is -5.11. The largest absolute Gasteiger partial charge is 0.416 e. The number of aryl methyl sites for hydroxylation is 1. The lowest BCUT2D eigenvalue weighted by Gasteiger charge is -2.38. The predicted molar refractivity (Wildman–Crippen MR) is 146 cm³/mol. The van der Waals surface area contributed by atoms with Gasteiger partial charge in [-0.05, 0) is 73.0 Å². The molecule has 1 unspecified atom stereocenters. The van der Waals surface area contributed by atoms with Crippen molar-refractivity contribution < 1.29 is 40.7 Å². The Bertz CT molecular complexity index is 1390. The molecule has 1 atom stereocenters. The maximum atomic E-state index is 13.9. The van der Waals surface area contributed by atoms with Gasteiger partial charge in [0, 0.05) is 36.7 Å². The van der Waals surface area contributed by atoms with Crippen molar-refractivity contribution in [3.63, 3.8) is 0 Å². The summed E-state index contributed by atoms with van der Waals surface area (Å²) in [6, 6.07) is 9.85. The van der Waals surface area contributed by atoms with E-state index in [0.29, 0.717) is 31.7 Å². The van der Waals surface area contributed by atoms with E-state index in [0.717, 1.165) is 26.5 Å². The van der Waals surface area contributed by atoms with Gasteiger partial charge in [-0.2, -0.15) is 26.3 Å². The van der Waals surface area contributed by atoms with E-state index in [2.05, 4.69) is 0 Å². The number of thiophene rings is 1. The van der Waals surface area contributed by atoms with Gasteiger partial charge in [-0.15, -0.1) is 11.3 Å². The molecular formula is C30H30F6N2O3S. The van der Waals surface area contributed by atoms with Crippen LogP contribution in [0.4, 0.5) is 26.3 Å². The molecule has 0 spiro atoms. The summed E-state index contributed by atoms with van der Waals surface area (Å²) in [5.41, 5.74) is -1.19. The molecule has 0 bridgehead atoms. The average Bonchev–Trinajstić information content (AvgIpc) is 3.42. The first-order valence-electron chi connectivity index (χ1n) is 13.4. The second-order valence-electron chi connectivity index (χ2n) is 9.97. The summed E-state index contributed by atoms with van der Waals surface area (Å²) in [7, 11) is 0. The number of rotatable bonds is 9. The fraction of sp³-hybridized carbons (Fsp3) is 0.400. The highest BCUT2D eigenvalue weighted by atomic mass is 32.1. The van der Waals surface area contributed by atoms with E-state index >= 15 is 0 Å². The molecule has 12 heteroatoms. The Balaban J connectivity index is 1.68. The summed E-state index contributed by atoms with van der Waals surface area (Å²) in [6.07, 6.45) is -9.41. The maximum absolute atomic E-state index is 13.9. The Hall–Kier alpha value is -3.38. The van der Waals surface area contributed by atoms with Gasteiger partial charge in [0.05, 0.1) is 17.2 Å². The number of hydrogen-bond donors (Lipinski definition) is 0. The van der Waals surface area contributed by atoms with Crippen molar-refractivity contribution in [2.75, 3.05) is 32.8 Å². The smallest absolute Gasteiger partial charge is 0.382 e. The Morgan fingerprint density at radius 1 is 1.00 bits per heavy atom. The molecule has 1 aliphatic rings. The van der Waals surface area contributed by atoms with E-state index in [1.165, 1.54) is 0 Å². The fourth-order valence-electron chi connectivity index (χ4n) is 5.08. The van der Waals surface area contributed by atoms with Crippen LogP contribution in [0, 0.1) is 6.92 Å². The first-order chi connectivity index (χ1) is 19.8. The molecule has 1 aromatic heterocycles. The van der Waals surface area contributed by atoms with Crippen LogP contribution < -0.4 is 0 Å². The van der Waals surface area contributed by atoms with Crippen molar-refractivity contribution >= 4 is 23.2 Å². The van der Waals surface area contributed by atoms with Gasteiger partial charge in [-0.1, -0.05) is 24.3 Å². The molecule has 2 heterocycles. The number of carbonyl (C=O) groups is 2. The second kappa shape index (κ2) is 12.9. The van der Waals surface area contributed by atoms with Crippen LogP contribution in [-0.4, -0.2) is 54.5 Å². The Morgan fingerprint density at radius 2 is 1.67 bits per heavy atom. The normalized spacial score (nSPS) is 15.4. The topological polar surface area (TPSA) is 49.9 Å². The highest BCUT2D eigenvalue weighted by molar-refractivity contribution is 7.10. The third kappa shape index (κ3) is 7.15. The molecule has 0 saturated carbocycles. The standard InChI is InChI=1S/C30H30F6N2O3S/c1-3-41-13-6-11-37(28(40)20-15-21(29(31,32)33)17-22(16-20)30(34,35)36)18-26(39)38-12-9-25-24(10-14-42-25)27(38)23-8-5-4-7-19(23)2/h4-5,7-8,10,14-17,27H,3,6,9,11-13,18H2,1-2H3. The third-order valence-electron chi connectivity index (χ3n) is 7.14. The molecule has 0 saturated heterocycles. The lowest BCUT2D eigenvalue weighted by atomic mass is 9.90. The van der Waals surface area contributed by atoms with Crippen molar-refractivity contribution in [1.82, 2.24) is 9.80 Å². The van der Waals surface area contributed by atoms with Crippen LogP contribution in [0.3, 0.4) is 0 Å². The van der Waals surface area contributed by atoms with E-state index in [-0.39, 0.29) is 25.6 Å². The van der Waals surface area contributed by atoms with Crippen molar-refractivity contribution in [2.24, 2.45) is 0 Å². The quantitative estimate of drug-likeness (QED) is 0.191. The van der Waals surface area contributed by atoms with Gasteiger partial charge in [-0.25, -0.2) is 0 Å². The minimum Gasteiger partial charge on any atom is -0.382 e. The number of benzene rings is 2. The van der Waals surface area contributed by atoms with E-state index in [1.54, 1.807) is 23.2 Å². The number of halogens is 6. The summed E-state index contributed by atoms with van der Waals surface area (Å²) in [5.74, 6) is -1.56. The van der Waals surface area contributed by atoms with Crippen molar-refractivity contribution in [2.45, 2.75) is 45.1 Å². The monoisotopic (exact) mass is 612 g/mol. The number of amides is 2. The first-order valence-corrected chi connectivity index (χ1v) is 14.3. The summed E-state index contributed by atoms with van der Waals surface area (Å²) in [6.45, 7) is 3.97. The number of ether oxygens (including phenoxy) is 1. The van der Waals surface area contributed by atoms with Gasteiger partial charge in [-0.3, -0.25) is 9.59 Å². The highest BCUT2D eigenvalue weighted by Gasteiger charge is 2.39. The number of alkyl halides is 6. The molecule has 3 aromatic rings. The van der Waals surface area contributed by atoms with Gasteiger partial charge in [0.25, 0.3) is 5.91 Å². The predicted octanol–water partition coefficient (Wildman–Crippen LogP) is 7.14. The second-order valence-corrected chi connectivity index (χ2v) is 11.0. The van der Waals surface area contributed by atoms with Crippen molar-refractivity contribution in [3.8, 4) is 0 Å². The van der Waals surface area contributed by atoms with Gasteiger partial charge in [0.2, 0.25) is 5.91 Å². The van der Waals surface area contributed by atoms with Crippen LogP contribution in [0.1, 0.15) is 62.4 Å². The zero-order valence-corrected chi connectivity index (χ0v) is 23.8. The zero-order valence-electron chi connectivity index (χ0n) is 23.0. The molecule has 0 radical (unpaired) electrons.